The molecular formula is C18H19N3. The van der Waals surface area contributed by atoms with Crippen LogP contribution in [0.15, 0.2) is 66.9 Å². The lowest BCUT2D eigenvalue weighted by atomic mass is 10.1. The van der Waals surface area contributed by atoms with Crippen LogP contribution in [0.4, 0.5) is 0 Å². The molecule has 3 nitrogen and oxygen atoms in total. The lowest BCUT2D eigenvalue weighted by Gasteiger charge is -2.14. The minimum atomic E-state index is 0.310. The highest BCUT2D eigenvalue weighted by atomic mass is 15.1. The first-order chi connectivity index (χ1) is 10.3. The van der Waals surface area contributed by atoms with E-state index in [0.717, 1.165) is 12.2 Å². The van der Waals surface area contributed by atoms with E-state index in [0.29, 0.717) is 6.04 Å². The van der Waals surface area contributed by atoms with Gasteiger partial charge in [-0.2, -0.15) is 5.10 Å². The van der Waals surface area contributed by atoms with Gasteiger partial charge in [-0.15, -0.1) is 0 Å². The van der Waals surface area contributed by atoms with Crippen molar-refractivity contribution < 1.29 is 0 Å². The summed E-state index contributed by atoms with van der Waals surface area (Å²) in [6, 6.07) is 21.1. The summed E-state index contributed by atoms with van der Waals surface area (Å²) in [6.07, 6.45) is 1.90. The predicted molar refractivity (Wildman–Crippen MR) is 85.7 cm³/mol. The molecule has 0 spiro atoms. The van der Waals surface area contributed by atoms with Gasteiger partial charge in [-0.1, -0.05) is 60.7 Å². The number of rotatable bonds is 5. The highest BCUT2D eigenvalue weighted by Gasteiger charge is 2.09. The molecule has 0 fully saturated rings. The normalized spacial score (nSPS) is 12.2. The SMILES string of the molecule is CC(NCc1cn[nH]c1-c1ccccc1)c1ccccc1. The Balaban J connectivity index is 1.71. The van der Waals surface area contributed by atoms with Crippen molar-refractivity contribution in [2.75, 3.05) is 0 Å². The van der Waals surface area contributed by atoms with Crippen LogP contribution >= 0.6 is 0 Å². The van der Waals surface area contributed by atoms with E-state index in [-0.39, 0.29) is 0 Å². The number of H-pyrrole nitrogens is 1. The minimum absolute atomic E-state index is 0.310. The number of hydrogen-bond donors (Lipinski definition) is 2. The first kappa shape index (κ1) is 13.6. The second-order valence-corrected chi connectivity index (χ2v) is 5.15. The molecule has 0 aliphatic rings. The summed E-state index contributed by atoms with van der Waals surface area (Å²) in [5.74, 6) is 0. The van der Waals surface area contributed by atoms with E-state index >= 15 is 0 Å². The maximum atomic E-state index is 4.18. The van der Waals surface area contributed by atoms with Gasteiger partial charge in [-0.3, -0.25) is 5.10 Å². The van der Waals surface area contributed by atoms with E-state index in [9.17, 15) is 0 Å². The van der Waals surface area contributed by atoms with E-state index in [4.69, 9.17) is 0 Å². The van der Waals surface area contributed by atoms with Gasteiger partial charge in [0.15, 0.2) is 0 Å². The van der Waals surface area contributed by atoms with Gasteiger partial charge < -0.3 is 5.32 Å². The Labute approximate surface area is 125 Å². The number of nitrogens with zero attached hydrogens (tertiary/aromatic N) is 1. The van der Waals surface area contributed by atoms with Crippen LogP contribution in [0.25, 0.3) is 11.3 Å². The van der Waals surface area contributed by atoms with Crippen LogP contribution in [0, 0.1) is 0 Å². The van der Waals surface area contributed by atoms with Crippen molar-refractivity contribution in [3.63, 3.8) is 0 Å². The topological polar surface area (TPSA) is 40.7 Å². The summed E-state index contributed by atoms with van der Waals surface area (Å²) < 4.78 is 0. The molecule has 3 rings (SSSR count). The monoisotopic (exact) mass is 277 g/mol. The summed E-state index contributed by atoms with van der Waals surface area (Å²) in [4.78, 5) is 0. The smallest absolute Gasteiger partial charge is 0.0695 e. The van der Waals surface area contributed by atoms with Crippen LogP contribution in [-0.4, -0.2) is 10.2 Å². The Kier molecular flexibility index (Phi) is 4.12. The summed E-state index contributed by atoms with van der Waals surface area (Å²) in [6.45, 7) is 2.97. The van der Waals surface area contributed by atoms with Crippen molar-refractivity contribution in [1.29, 1.82) is 0 Å². The Morgan fingerprint density at radius 2 is 1.67 bits per heavy atom. The second kappa shape index (κ2) is 6.37. The Bertz CT molecular complexity index is 674. The van der Waals surface area contributed by atoms with Crippen LogP contribution in [0.3, 0.4) is 0 Å². The van der Waals surface area contributed by atoms with E-state index in [2.05, 4.69) is 58.8 Å². The Morgan fingerprint density at radius 3 is 2.38 bits per heavy atom. The van der Waals surface area contributed by atoms with Crippen molar-refractivity contribution in [2.24, 2.45) is 0 Å². The van der Waals surface area contributed by atoms with Gasteiger partial charge in [0.1, 0.15) is 0 Å². The molecule has 0 bridgehead atoms. The average molecular weight is 277 g/mol. The molecule has 0 aliphatic carbocycles. The maximum Gasteiger partial charge on any atom is 0.0695 e. The molecule has 3 aromatic rings. The zero-order chi connectivity index (χ0) is 14.5. The number of aromatic nitrogens is 2. The highest BCUT2D eigenvalue weighted by Crippen LogP contribution is 2.21. The number of nitrogens with one attached hydrogen (secondary N) is 2. The summed E-state index contributed by atoms with van der Waals surface area (Å²) in [5, 5.41) is 10.8. The largest absolute Gasteiger partial charge is 0.306 e. The van der Waals surface area contributed by atoms with Gasteiger partial charge >= 0.3 is 0 Å². The molecule has 1 unspecified atom stereocenters. The fourth-order valence-corrected chi connectivity index (χ4v) is 2.42. The standard InChI is InChI=1S/C18H19N3/c1-14(15-8-4-2-5-9-15)19-12-17-13-20-21-18(17)16-10-6-3-7-11-16/h2-11,13-14,19H,12H2,1H3,(H,20,21). The van der Waals surface area contributed by atoms with Crippen LogP contribution in [0.1, 0.15) is 24.1 Å². The maximum absolute atomic E-state index is 4.18. The van der Waals surface area contributed by atoms with Gasteiger partial charge in [-0.05, 0) is 18.1 Å². The van der Waals surface area contributed by atoms with Crippen LogP contribution in [0.5, 0.6) is 0 Å². The number of hydrogen-bond acceptors (Lipinski definition) is 2. The fraction of sp³-hybridized carbons (Fsp3) is 0.167. The molecule has 0 amide bonds. The van der Waals surface area contributed by atoms with Crippen molar-refractivity contribution in [1.82, 2.24) is 15.5 Å². The van der Waals surface area contributed by atoms with E-state index in [1.807, 2.05) is 30.5 Å². The van der Waals surface area contributed by atoms with Gasteiger partial charge in [0.25, 0.3) is 0 Å². The quantitative estimate of drug-likeness (QED) is 0.742. The summed E-state index contributed by atoms with van der Waals surface area (Å²) in [5.41, 5.74) is 4.73. The van der Waals surface area contributed by atoms with E-state index < -0.39 is 0 Å². The molecular weight excluding hydrogens is 258 g/mol. The van der Waals surface area contributed by atoms with Crippen LogP contribution < -0.4 is 5.32 Å². The molecule has 0 aliphatic heterocycles. The minimum Gasteiger partial charge on any atom is -0.306 e. The molecule has 0 saturated carbocycles. The lowest BCUT2D eigenvalue weighted by Crippen LogP contribution is -2.18. The predicted octanol–water partition coefficient (Wildman–Crippen LogP) is 3.93. The van der Waals surface area contributed by atoms with Gasteiger partial charge in [-0.25, -0.2) is 0 Å². The van der Waals surface area contributed by atoms with E-state index in [1.54, 1.807) is 0 Å². The summed E-state index contributed by atoms with van der Waals surface area (Å²) in [7, 11) is 0. The highest BCUT2D eigenvalue weighted by molar-refractivity contribution is 5.62. The first-order valence-electron chi connectivity index (χ1n) is 7.20. The molecule has 1 aromatic heterocycles. The fourth-order valence-electron chi connectivity index (χ4n) is 2.42. The third kappa shape index (κ3) is 3.20. The molecule has 0 saturated heterocycles. The van der Waals surface area contributed by atoms with Crippen molar-refractivity contribution >= 4 is 0 Å². The van der Waals surface area contributed by atoms with Crippen LogP contribution in [0.2, 0.25) is 0 Å². The molecule has 1 heterocycles. The van der Waals surface area contributed by atoms with Crippen LogP contribution in [-0.2, 0) is 6.54 Å². The second-order valence-electron chi connectivity index (χ2n) is 5.15. The zero-order valence-corrected chi connectivity index (χ0v) is 12.1. The third-order valence-electron chi connectivity index (χ3n) is 3.68. The van der Waals surface area contributed by atoms with Crippen molar-refractivity contribution in [3.8, 4) is 11.3 Å². The lowest BCUT2D eigenvalue weighted by molar-refractivity contribution is 0.575. The van der Waals surface area contributed by atoms with Gasteiger partial charge in [0, 0.05) is 18.2 Å². The van der Waals surface area contributed by atoms with Gasteiger partial charge in [0.05, 0.1) is 11.9 Å². The van der Waals surface area contributed by atoms with Gasteiger partial charge in [0.2, 0.25) is 0 Å². The Hall–Kier alpha value is -2.39. The molecule has 1 atom stereocenters. The molecule has 3 heteroatoms. The number of benzene rings is 2. The van der Waals surface area contributed by atoms with E-state index in [1.165, 1.54) is 16.7 Å². The third-order valence-corrected chi connectivity index (χ3v) is 3.68. The Morgan fingerprint density at radius 1 is 1.00 bits per heavy atom. The van der Waals surface area contributed by atoms with Crippen molar-refractivity contribution in [3.05, 3.63) is 78.0 Å². The molecule has 21 heavy (non-hydrogen) atoms. The molecule has 106 valence electrons. The first-order valence-corrected chi connectivity index (χ1v) is 7.20. The molecule has 0 radical (unpaired) electrons. The zero-order valence-electron chi connectivity index (χ0n) is 12.1. The van der Waals surface area contributed by atoms with Crippen molar-refractivity contribution in [2.45, 2.75) is 19.5 Å². The molecule has 2 N–H and O–H groups in total. The molecule has 2 aromatic carbocycles. The number of aromatic amines is 1. The average Bonchev–Trinajstić information content (AvgIpc) is 3.03. The summed E-state index contributed by atoms with van der Waals surface area (Å²) >= 11 is 0.